The molecule has 0 aliphatic rings. The van der Waals surface area contributed by atoms with Crippen LogP contribution in [0, 0.1) is 0 Å². The average Bonchev–Trinajstić information content (AvgIpc) is 2.91. The Morgan fingerprint density at radius 1 is 1.33 bits per heavy atom. The van der Waals surface area contributed by atoms with Crippen LogP contribution in [0.5, 0.6) is 5.75 Å². The van der Waals surface area contributed by atoms with Crippen LogP contribution in [0.2, 0.25) is 0 Å². The van der Waals surface area contributed by atoms with Gasteiger partial charge in [-0.25, -0.2) is 0 Å². The second-order valence-corrected chi connectivity index (χ2v) is 5.14. The molecule has 0 aliphatic carbocycles. The molecule has 1 aromatic carbocycles. The topological polar surface area (TPSA) is 34.2 Å². The Hall–Kier alpha value is -1.39. The van der Waals surface area contributed by atoms with E-state index in [-0.39, 0.29) is 0 Å². The van der Waals surface area contributed by atoms with E-state index in [0.29, 0.717) is 6.04 Å². The Morgan fingerprint density at radius 2 is 2.17 bits per heavy atom. The molecule has 0 bridgehead atoms. The van der Waals surface area contributed by atoms with Crippen molar-refractivity contribution in [1.82, 2.24) is 10.3 Å². The fourth-order valence-electron chi connectivity index (χ4n) is 2.00. The summed E-state index contributed by atoms with van der Waals surface area (Å²) in [6.07, 6.45) is 3.90. The van der Waals surface area contributed by atoms with Gasteiger partial charge in [0.05, 0.1) is 12.6 Å². The number of para-hydroxylation sites is 1. The monoisotopic (exact) mass is 262 g/mol. The van der Waals surface area contributed by atoms with Crippen molar-refractivity contribution >= 4 is 11.3 Å². The van der Waals surface area contributed by atoms with Gasteiger partial charge in [0.25, 0.3) is 0 Å². The van der Waals surface area contributed by atoms with Crippen LogP contribution in [0.25, 0.3) is 0 Å². The number of ether oxygens (including phenoxy) is 1. The van der Waals surface area contributed by atoms with E-state index in [1.165, 1.54) is 10.4 Å². The molecule has 1 heterocycles. The molecule has 1 aromatic heterocycles. The number of hydrogen-bond acceptors (Lipinski definition) is 4. The molecule has 0 fully saturated rings. The second-order valence-electron chi connectivity index (χ2n) is 4.17. The lowest BCUT2D eigenvalue weighted by atomic mass is 10.0. The van der Waals surface area contributed by atoms with Crippen LogP contribution in [0.1, 0.15) is 10.4 Å². The van der Waals surface area contributed by atoms with Gasteiger partial charge in [-0.3, -0.25) is 4.98 Å². The third kappa shape index (κ3) is 3.31. The molecule has 2 aromatic rings. The molecule has 0 amide bonds. The molecule has 96 valence electrons. The highest BCUT2D eigenvalue weighted by molar-refractivity contribution is 7.09. The van der Waals surface area contributed by atoms with Crippen LogP contribution < -0.4 is 10.1 Å². The van der Waals surface area contributed by atoms with Gasteiger partial charge in [0, 0.05) is 17.1 Å². The number of thiazole rings is 1. The molecule has 1 atom stereocenters. The fraction of sp³-hybridized carbons (Fsp3) is 0.357. The van der Waals surface area contributed by atoms with E-state index in [1.54, 1.807) is 18.4 Å². The summed E-state index contributed by atoms with van der Waals surface area (Å²) < 4.78 is 5.39. The summed E-state index contributed by atoms with van der Waals surface area (Å²) in [7, 11) is 3.72. The van der Waals surface area contributed by atoms with Gasteiger partial charge in [-0.2, -0.15) is 0 Å². The Kier molecular flexibility index (Phi) is 4.73. The van der Waals surface area contributed by atoms with Crippen molar-refractivity contribution < 1.29 is 4.74 Å². The number of aromatic nitrogens is 1. The number of methoxy groups -OCH3 is 1. The Bertz CT molecular complexity index is 470. The molecule has 18 heavy (non-hydrogen) atoms. The number of rotatable bonds is 6. The number of hydrogen-bond donors (Lipinski definition) is 1. The Morgan fingerprint density at radius 3 is 2.83 bits per heavy atom. The largest absolute Gasteiger partial charge is 0.496 e. The molecule has 0 aliphatic heterocycles. The van der Waals surface area contributed by atoms with Crippen molar-refractivity contribution in [2.45, 2.75) is 18.9 Å². The van der Waals surface area contributed by atoms with E-state index in [4.69, 9.17) is 4.74 Å². The number of benzene rings is 1. The standard InChI is InChI=1S/C14H18N2OS/c1-15-12(8-13-9-16-10-18-13)7-11-5-3-4-6-14(11)17-2/h3-6,9-10,12,15H,7-8H2,1-2H3. The van der Waals surface area contributed by atoms with Crippen LogP contribution in [0.3, 0.4) is 0 Å². The zero-order valence-electron chi connectivity index (χ0n) is 10.7. The van der Waals surface area contributed by atoms with Crippen molar-refractivity contribution in [2.24, 2.45) is 0 Å². The number of likely N-dealkylation sites (N-methyl/N-ethyl adjacent to an activating group) is 1. The molecule has 2 rings (SSSR count). The van der Waals surface area contributed by atoms with Gasteiger partial charge in [0.2, 0.25) is 0 Å². The first-order chi connectivity index (χ1) is 8.83. The molecule has 0 spiro atoms. The molecule has 4 heteroatoms. The average molecular weight is 262 g/mol. The van der Waals surface area contributed by atoms with Crippen LogP contribution in [-0.4, -0.2) is 25.2 Å². The van der Waals surface area contributed by atoms with E-state index in [9.17, 15) is 0 Å². The lowest BCUT2D eigenvalue weighted by Crippen LogP contribution is -2.29. The zero-order valence-corrected chi connectivity index (χ0v) is 11.5. The van der Waals surface area contributed by atoms with Crippen molar-refractivity contribution in [3.05, 3.63) is 46.4 Å². The number of nitrogens with one attached hydrogen (secondary N) is 1. The minimum Gasteiger partial charge on any atom is -0.496 e. The molecule has 1 unspecified atom stereocenters. The predicted molar refractivity (Wildman–Crippen MR) is 75.4 cm³/mol. The van der Waals surface area contributed by atoms with Crippen molar-refractivity contribution in [1.29, 1.82) is 0 Å². The van der Waals surface area contributed by atoms with Gasteiger partial charge in [0.1, 0.15) is 5.75 Å². The third-order valence-corrected chi connectivity index (χ3v) is 3.80. The van der Waals surface area contributed by atoms with E-state index in [1.807, 2.05) is 30.9 Å². The smallest absolute Gasteiger partial charge is 0.122 e. The fourth-order valence-corrected chi connectivity index (χ4v) is 2.68. The van der Waals surface area contributed by atoms with E-state index in [0.717, 1.165) is 18.6 Å². The first-order valence-corrected chi connectivity index (χ1v) is 6.88. The maximum atomic E-state index is 5.39. The number of nitrogens with zero attached hydrogens (tertiary/aromatic N) is 1. The SMILES string of the molecule is CNC(Cc1cncs1)Cc1ccccc1OC. The quantitative estimate of drug-likeness (QED) is 0.868. The van der Waals surface area contributed by atoms with E-state index in [2.05, 4.69) is 22.4 Å². The van der Waals surface area contributed by atoms with Crippen molar-refractivity contribution in [3.63, 3.8) is 0 Å². The summed E-state index contributed by atoms with van der Waals surface area (Å²) in [6, 6.07) is 8.59. The lowest BCUT2D eigenvalue weighted by Gasteiger charge is -2.17. The Labute approximate surface area is 112 Å². The molecule has 1 N–H and O–H groups in total. The molecule has 0 saturated heterocycles. The van der Waals surface area contributed by atoms with Crippen molar-refractivity contribution in [2.75, 3.05) is 14.2 Å². The molecular weight excluding hydrogens is 244 g/mol. The van der Waals surface area contributed by atoms with Gasteiger partial charge in [-0.05, 0) is 31.5 Å². The molecular formula is C14H18N2OS. The summed E-state index contributed by atoms with van der Waals surface area (Å²) in [4.78, 5) is 5.43. The lowest BCUT2D eigenvalue weighted by molar-refractivity contribution is 0.406. The highest BCUT2D eigenvalue weighted by atomic mass is 32.1. The van der Waals surface area contributed by atoms with Gasteiger partial charge in [0.15, 0.2) is 0 Å². The highest BCUT2D eigenvalue weighted by Crippen LogP contribution is 2.20. The predicted octanol–water partition coefficient (Wildman–Crippen LogP) is 2.52. The third-order valence-electron chi connectivity index (χ3n) is 3.00. The summed E-state index contributed by atoms with van der Waals surface area (Å²) in [5.74, 6) is 0.960. The molecule has 0 radical (unpaired) electrons. The maximum absolute atomic E-state index is 5.39. The molecule has 3 nitrogen and oxygen atoms in total. The minimum absolute atomic E-state index is 0.404. The highest BCUT2D eigenvalue weighted by Gasteiger charge is 2.12. The second kappa shape index (κ2) is 6.52. The van der Waals surface area contributed by atoms with Gasteiger partial charge in [-0.1, -0.05) is 18.2 Å². The molecule has 0 saturated carbocycles. The minimum atomic E-state index is 0.404. The van der Waals surface area contributed by atoms with Crippen LogP contribution in [-0.2, 0) is 12.8 Å². The Balaban J connectivity index is 2.05. The summed E-state index contributed by atoms with van der Waals surface area (Å²) in [6.45, 7) is 0. The van der Waals surface area contributed by atoms with E-state index >= 15 is 0 Å². The van der Waals surface area contributed by atoms with Crippen LogP contribution in [0.15, 0.2) is 36.0 Å². The van der Waals surface area contributed by atoms with E-state index < -0.39 is 0 Å². The first kappa shape index (κ1) is 13.1. The van der Waals surface area contributed by atoms with Crippen LogP contribution >= 0.6 is 11.3 Å². The van der Waals surface area contributed by atoms with Gasteiger partial charge in [-0.15, -0.1) is 11.3 Å². The first-order valence-electron chi connectivity index (χ1n) is 6.00. The van der Waals surface area contributed by atoms with Crippen LogP contribution in [0.4, 0.5) is 0 Å². The normalized spacial score (nSPS) is 12.3. The van der Waals surface area contributed by atoms with Gasteiger partial charge < -0.3 is 10.1 Å². The summed E-state index contributed by atoms with van der Waals surface area (Å²) >= 11 is 1.70. The zero-order chi connectivity index (χ0) is 12.8. The maximum Gasteiger partial charge on any atom is 0.122 e. The summed E-state index contributed by atoms with van der Waals surface area (Å²) in [5, 5.41) is 3.36. The summed E-state index contributed by atoms with van der Waals surface area (Å²) in [5.41, 5.74) is 3.12. The van der Waals surface area contributed by atoms with Crippen molar-refractivity contribution in [3.8, 4) is 5.75 Å². The van der Waals surface area contributed by atoms with Gasteiger partial charge >= 0.3 is 0 Å².